The molecule has 0 spiro atoms. The van der Waals surface area contributed by atoms with Gasteiger partial charge in [0.25, 0.3) is 0 Å². The molecule has 0 atom stereocenters. The minimum absolute atomic E-state index is 0.997. The fourth-order valence-electron chi connectivity index (χ4n) is 0.496. The molecule has 0 N–H and O–H groups in total. The molecule has 0 aromatic carbocycles. The van der Waals surface area contributed by atoms with Gasteiger partial charge >= 0.3 is 0 Å². The minimum atomic E-state index is 0.997. The van der Waals surface area contributed by atoms with Gasteiger partial charge in [0, 0.05) is 7.05 Å². The van der Waals surface area contributed by atoms with Crippen LogP contribution >= 0.6 is 0 Å². The third-order valence-corrected chi connectivity index (χ3v) is 0.922. The van der Waals surface area contributed by atoms with Crippen LogP contribution in [0.4, 0.5) is 0 Å². The third-order valence-electron chi connectivity index (χ3n) is 0.922. The van der Waals surface area contributed by atoms with Crippen molar-refractivity contribution in [1.82, 2.24) is 4.90 Å². The van der Waals surface area contributed by atoms with Crippen molar-refractivity contribution in [3.8, 4) is 0 Å². The number of allylic oxidation sites excluding steroid dienone is 2. The van der Waals surface area contributed by atoms with E-state index in [2.05, 4.69) is 11.0 Å². The molecule has 1 heterocycles. The SMILES string of the molecule is CN1C=C[C+]=CC1. The zero-order valence-corrected chi connectivity index (χ0v) is 4.39. The quantitative estimate of drug-likeness (QED) is 0.401. The van der Waals surface area contributed by atoms with Gasteiger partial charge in [0.2, 0.25) is 0 Å². The molecule has 1 aliphatic heterocycles. The first kappa shape index (κ1) is 4.35. The highest BCUT2D eigenvalue weighted by molar-refractivity contribution is 5.01. The Morgan fingerprint density at radius 3 is 2.86 bits per heavy atom. The van der Waals surface area contributed by atoms with Crippen molar-refractivity contribution in [3.05, 3.63) is 24.4 Å². The van der Waals surface area contributed by atoms with E-state index in [-0.39, 0.29) is 0 Å². The molecular formula is C6H8N+. The molecule has 0 saturated heterocycles. The first-order chi connectivity index (χ1) is 3.39. The van der Waals surface area contributed by atoms with Crippen molar-refractivity contribution in [2.75, 3.05) is 13.6 Å². The lowest BCUT2D eigenvalue weighted by molar-refractivity contribution is 0.503. The Bertz CT molecular complexity index is 103. The number of hydrogen-bond acceptors (Lipinski definition) is 1. The smallest absolute Gasteiger partial charge is 0.176 e. The van der Waals surface area contributed by atoms with Crippen LogP contribution in [0, 0.1) is 6.08 Å². The summed E-state index contributed by atoms with van der Waals surface area (Å²) in [6, 6.07) is 0. The molecule has 0 unspecified atom stereocenters. The molecule has 0 amide bonds. The Kier molecular flexibility index (Phi) is 1.10. The second-order valence-electron chi connectivity index (χ2n) is 1.63. The first-order valence-electron chi connectivity index (χ1n) is 2.34. The highest BCUT2D eigenvalue weighted by Crippen LogP contribution is 1.90. The molecule has 0 aliphatic carbocycles. The molecule has 36 valence electrons. The number of likely N-dealkylation sites (N-methyl/N-ethyl adjacent to an activating group) is 1. The van der Waals surface area contributed by atoms with Gasteiger partial charge in [0.1, 0.15) is 6.20 Å². The fraction of sp³-hybridized carbons (Fsp3) is 0.333. The summed E-state index contributed by atoms with van der Waals surface area (Å²) in [4.78, 5) is 2.09. The van der Waals surface area contributed by atoms with Gasteiger partial charge < -0.3 is 4.90 Å². The molecule has 0 radical (unpaired) electrons. The maximum Gasteiger partial charge on any atom is 0.176 e. The number of hydrogen-bond donors (Lipinski definition) is 0. The molecule has 0 aromatic rings. The summed E-state index contributed by atoms with van der Waals surface area (Å²) in [7, 11) is 2.04. The van der Waals surface area contributed by atoms with Crippen LogP contribution in [0.1, 0.15) is 0 Å². The van der Waals surface area contributed by atoms with Crippen LogP contribution in [-0.4, -0.2) is 18.5 Å². The lowest BCUT2D eigenvalue weighted by atomic mass is 10.4. The average Bonchev–Trinajstić information content (AvgIpc) is 1.69. The van der Waals surface area contributed by atoms with E-state index in [1.54, 1.807) is 0 Å². The van der Waals surface area contributed by atoms with Crippen LogP contribution in [0.5, 0.6) is 0 Å². The van der Waals surface area contributed by atoms with Crippen molar-refractivity contribution in [3.63, 3.8) is 0 Å². The van der Waals surface area contributed by atoms with Crippen LogP contribution in [0.3, 0.4) is 0 Å². The molecule has 0 bridgehead atoms. The van der Waals surface area contributed by atoms with Crippen molar-refractivity contribution in [1.29, 1.82) is 0 Å². The molecule has 0 aromatic heterocycles. The van der Waals surface area contributed by atoms with Crippen LogP contribution in [0.2, 0.25) is 0 Å². The predicted octanol–water partition coefficient (Wildman–Crippen LogP) is 0.805. The summed E-state index contributed by atoms with van der Waals surface area (Å²) in [5, 5.41) is 0. The summed E-state index contributed by atoms with van der Waals surface area (Å²) < 4.78 is 0. The Hall–Kier alpha value is -0.810. The summed E-state index contributed by atoms with van der Waals surface area (Å²) in [5.41, 5.74) is 0. The average molecular weight is 94.1 g/mol. The van der Waals surface area contributed by atoms with Gasteiger partial charge in [0.15, 0.2) is 6.08 Å². The van der Waals surface area contributed by atoms with Gasteiger partial charge in [-0.05, 0) is 0 Å². The van der Waals surface area contributed by atoms with Crippen LogP contribution < -0.4 is 0 Å². The van der Waals surface area contributed by atoms with E-state index in [0.717, 1.165) is 6.54 Å². The standard InChI is InChI=1S/C6H8N/c1-7-5-3-2-4-6-7/h3-5H,6H2,1H3/q+1. The van der Waals surface area contributed by atoms with Crippen molar-refractivity contribution < 1.29 is 0 Å². The largest absolute Gasteiger partial charge is 0.300 e. The minimum Gasteiger partial charge on any atom is -0.300 e. The Labute approximate surface area is 43.9 Å². The van der Waals surface area contributed by atoms with Crippen LogP contribution in [0.15, 0.2) is 18.4 Å². The van der Waals surface area contributed by atoms with Crippen LogP contribution in [0.25, 0.3) is 0 Å². The van der Waals surface area contributed by atoms with Crippen molar-refractivity contribution >= 4 is 0 Å². The summed E-state index contributed by atoms with van der Waals surface area (Å²) in [5.74, 6) is 0. The molecule has 1 heteroatoms. The number of nitrogens with zero attached hydrogens (tertiary/aromatic N) is 1. The van der Waals surface area contributed by atoms with Crippen LogP contribution in [-0.2, 0) is 0 Å². The third kappa shape index (κ3) is 1.02. The van der Waals surface area contributed by atoms with E-state index in [9.17, 15) is 0 Å². The van der Waals surface area contributed by atoms with E-state index in [1.807, 2.05) is 25.4 Å². The molecular weight excluding hydrogens is 86.1 g/mol. The van der Waals surface area contributed by atoms with Gasteiger partial charge in [-0.1, -0.05) is 0 Å². The maximum absolute atomic E-state index is 2.97. The zero-order chi connectivity index (χ0) is 5.11. The van der Waals surface area contributed by atoms with E-state index >= 15 is 0 Å². The van der Waals surface area contributed by atoms with Gasteiger partial charge in [-0.2, -0.15) is 0 Å². The van der Waals surface area contributed by atoms with Gasteiger partial charge in [-0.15, -0.1) is 0 Å². The second-order valence-corrected chi connectivity index (χ2v) is 1.63. The molecule has 1 aliphatic rings. The van der Waals surface area contributed by atoms with E-state index in [0.29, 0.717) is 0 Å². The Morgan fingerprint density at radius 1 is 1.71 bits per heavy atom. The van der Waals surface area contributed by atoms with Crippen molar-refractivity contribution in [2.24, 2.45) is 0 Å². The Morgan fingerprint density at radius 2 is 2.57 bits per heavy atom. The summed E-state index contributed by atoms with van der Waals surface area (Å²) in [6.07, 6.45) is 8.87. The summed E-state index contributed by atoms with van der Waals surface area (Å²) >= 11 is 0. The maximum atomic E-state index is 2.97. The van der Waals surface area contributed by atoms with E-state index in [1.165, 1.54) is 0 Å². The second kappa shape index (κ2) is 1.76. The zero-order valence-electron chi connectivity index (χ0n) is 4.39. The lowest BCUT2D eigenvalue weighted by Crippen LogP contribution is -2.11. The lowest BCUT2D eigenvalue weighted by Gasteiger charge is -2.02. The van der Waals surface area contributed by atoms with Gasteiger partial charge in [-0.25, -0.2) is 0 Å². The predicted molar refractivity (Wildman–Crippen MR) is 29.6 cm³/mol. The fourth-order valence-corrected chi connectivity index (χ4v) is 0.496. The topological polar surface area (TPSA) is 3.24 Å². The molecule has 7 heavy (non-hydrogen) atoms. The van der Waals surface area contributed by atoms with Gasteiger partial charge in [-0.3, -0.25) is 0 Å². The van der Waals surface area contributed by atoms with E-state index in [4.69, 9.17) is 0 Å². The molecule has 0 saturated carbocycles. The van der Waals surface area contributed by atoms with Gasteiger partial charge in [0.05, 0.1) is 18.7 Å². The molecule has 0 fully saturated rings. The summed E-state index contributed by atoms with van der Waals surface area (Å²) in [6.45, 7) is 0.997. The number of rotatable bonds is 0. The first-order valence-corrected chi connectivity index (χ1v) is 2.34. The van der Waals surface area contributed by atoms with Crippen molar-refractivity contribution in [2.45, 2.75) is 0 Å². The molecule has 1 rings (SSSR count). The highest BCUT2D eigenvalue weighted by Gasteiger charge is 1.96. The van der Waals surface area contributed by atoms with E-state index < -0.39 is 0 Å². The monoisotopic (exact) mass is 94.1 g/mol. The molecule has 1 nitrogen and oxygen atoms in total. The normalized spacial score (nSPS) is 17.0. The highest BCUT2D eigenvalue weighted by atomic mass is 15.1. The Balaban J connectivity index is 2.49.